The molecule has 0 aliphatic carbocycles. The molecule has 0 aliphatic rings. The Labute approximate surface area is 94.7 Å². The van der Waals surface area contributed by atoms with E-state index in [1.54, 1.807) is 0 Å². The third-order valence-electron chi connectivity index (χ3n) is 2.46. The van der Waals surface area contributed by atoms with Crippen LogP contribution in [0.1, 0.15) is 33.6 Å². The summed E-state index contributed by atoms with van der Waals surface area (Å²) >= 11 is 0. The van der Waals surface area contributed by atoms with E-state index in [1.165, 1.54) is 6.42 Å². The molecule has 0 rings (SSSR count). The van der Waals surface area contributed by atoms with Gasteiger partial charge in [-0.1, -0.05) is 27.2 Å². The van der Waals surface area contributed by atoms with Crippen LogP contribution >= 0.6 is 0 Å². The predicted octanol–water partition coefficient (Wildman–Crippen LogP) is 2.16. The Kier molecular flexibility index (Phi) is 11.9. The minimum absolute atomic E-state index is 0.727. The van der Waals surface area contributed by atoms with E-state index in [0.717, 1.165) is 52.5 Å². The number of unbranched alkanes of at least 4 members (excludes halogenated alkanes) is 1. The average molecular weight is 217 g/mol. The van der Waals surface area contributed by atoms with Gasteiger partial charge in [0.1, 0.15) is 0 Å². The van der Waals surface area contributed by atoms with E-state index < -0.39 is 0 Å². The lowest BCUT2D eigenvalue weighted by Crippen LogP contribution is -2.27. The summed E-state index contributed by atoms with van der Waals surface area (Å²) in [5.74, 6) is 0. The van der Waals surface area contributed by atoms with Gasteiger partial charge in [0.25, 0.3) is 0 Å². The van der Waals surface area contributed by atoms with Crippen LogP contribution in [0.2, 0.25) is 0 Å². The van der Waals surface area contributed by atoms with Gasteiger partial charge in [-0.15, -0.1) is 0 Å². The molecule has 0 aliphatic heterocycles. The van der Waals surface area contributed by atoms with Crippen LogP contribution in [0.15, 0.2) is 0 Å². The van der Waals surface area contributed by atoms with E-state index >= 15 is 0 Å². The van der Waals surface area contributed by atoms with E-state index in [-0.39, 0.29) is 0 Å². The van der Waals surface area contributed by atoms with Gasteiger partial charge >= 0.3 is 0 Å². The fourth-order valence-electron chi connectivity index (χ4n) is 1.30. The van der Waals surface area contributed by atoms with Gasteiger partial charge in [-0.2, -0.15) is 0 Å². The molecular formula is C12H27NO2. The van der Waals surface area contributed by atoms with Crippen molar-refractivity contribution >= 4 is 0 Å². The van der Waals surface area contributed by atoms with Gasteiger partial charge in [0.15, 0.2) is 0 Å². The normalized spacial score (nSPS) is 11.2. The van der Waals surface area contributed by atoms with Crippen LogP contribution in [0.5, 0.6) is 0 Å². The van der Waals surface area contributed by atoms with Gasteiger partial charge in [0.2, 0.25) is 0 Å². The third-order valence-corrected chi connectivity index (χ3v) is 2.46. The van der Waals surface area contributed by atoms with Crippen molar-refractivity contribution in [2.45, 2.75) is 33.6 Å². The van der Waals surface area contributed by atoms with Crippen molar-refractivity contribution in [1.82, 2.24) is 4.90 Å². The Bertz CT molecular complexity index is 116. The summed E-state index contributed by atoms with van der Waals surface area (Å²) in [7, 11) is 0. The van der Waals surface area contributed by atoms with Crippen LogP contribution in [-0.4, -0.2) is 51.0 Å². The monoisotopic (exact) mass is 217 g/mol. The second kappa shape index (κ2) is 12.0. The molecule has 0 saturated heterocycles. The molecule has 3 nitrogen and oxygen atoms in total. The SMILES string of the molecule is CCCCOCCOCCN(CC)CC. The lowest BCUT2D eigenvalue weighted by molar-refractivity contribution is 0.0387. The van der Waals surface area contributed by atoms with E-state index in [2.05, 4.69) is 25.7 Å². The summed E-state index contributed by atoms with van der Waals surface area (Å²) in [5, 5.41) is 0. The molecule has 92 valence electrons. The molecule has 0 amide bonds. The summed E-state index contributed by atoms with van der Waals surface area (Å²) in [6, 6.07) is 0. The van der Waals surface area contributed by atoms with Gasteiger partial charge in [0, 0.05) is 13.2 Å². The Morgan fingerprint density at radius 2 is 1.40 bits per heavy atom. The van der Waals surface area contributed by atoms with Crippen LogP contribution in [-0.2, 0) is 9.47 Å². The lowest BCUT2D eigenvalue weighted by Gasteiger charge is -2.17. The first-order valence-electron chi connectivity index (χ1n) is 6.22. The highest BCUT2D eigenvalue weighted by molar-refractivity contribution is 4.49. The van der Waals surface area contributed by atoms with Crippen molar-refractivity contribution in [2.75, 3.05) is 46.1 Å². The zero-order valence-corrected chi connectivity index (χ0v) is 10.6. The molecule has 3 heteroatoms. The van der Waals surface area contributed by atoms with Crippen molar-refractivity contribution in [1.29, 1.82) is 0 Å². The molecular weight excluding hydrogens is 190 g/mol. The largest absolute Gasteiger partial charge is 0.379 e. The van der Waals surface area contributed by atoms with Gasteiger partial charge in [-0.05, 0) is 19.5 Å². The van der Waals surface area contributed by atoms with Crippen molar-refractivity contribution in [3.05, 3.63) is 0 Å². The average Bonchev–Trinajstić information content (AvgIpc) is 2.27. The molecule has 0 aromatic carbocycles. The Balaban J connectivity index is 3.04. The van der Waals surface area contributed by atoms with Crippen LogP contribution in [0.4, 0.5) is 0 Å². The first-order valence-corrected chi connectivity index (χ1v) is 6.22. The minimum atomic E-state index is 0.727. The summed E-state index contributed by atoms with van der Waals surface area (Å²) in [6.07, 6.45) is 2.35. The van der Waals surface area contributed by atoms with Crippen LogP contribution < -0.4 is 0 Å². The molecule has 0 radical (unpaired) electrons. The van der Waals surface area contributed by atoms with Crippen LogP contribution in [0.3, 0.4) is 0 Å². The topological polar surface area (TPSA) is 21.7 Å². The number of nitrogens with zero attached hydrogens (tertiary/aromatic N) is 1. The first kappa shape index (κ1) is 14.9. The molecule has 0 spiro atoms. The van der Waals surface area contributed by atoms with E-state index in [0.29, 0.717) is 0 Å². The summed E-state index contributed by atoms with van der Waals surface area (Å²) in [6.45, 7) is 12.9. The fraction of sp³-hybridized carbons (Fsp3) is 1.00. The summed E-state index contributed by atoms with van der Waals surface area (Å²) < 4.78 is 10.9. The molecule has 0 aromatic heterocycles. The first-order chi connectivity index (χ1) is 7.35. The zero-order valence-electron chi connectivity index (χ0n) is 10.6. The van der Waals surface area contributed by atoms with Crippen LogP contribution in [0, 0.1) is 0 Å². The lowest BCUT2D eigenvalue weighted by atomic mass is 10.4. The standard InChI is InChI=1S/C12H27NO2/c1-4-7-9-14-11-12-15-10-8-13(5-2)6-3/h4-12H2,1-3H3. The number of hydrogen-bond acceptors (Lipinski definition) is 3. The van der Waals surface area contributed by atoms with E-state index in [9.17, 15) is 0 Å². The zero-order chi connectivity index (χ0) is 11.4. The second-order valence-electron chi connectivity index (χ2n) is 3.61. The molecule has 0 saturated carbocycles. The quantitative estimate of drug-likeness (QED) is 0.495. The highest BCUT2D eigenvalue weighted by Crippen LogP contribution is 1.89. The smallest absolute Gasteiger partial charge is 0.0701 e. The minimum Gasteiger partial charge on any atom is -0.379 e. The van der Waals surface area contributed by atoms with Gasteiger partial charge in [-0.3, -0.25) is 0 Å². The molecule has 15 heavy (non-hydrogen) atoms. The van der Waals surface area contributed by atoms with Gasteiger partial charge < -0.3 is 14.4 Å². The Morgan fingerprint density at radius 3 is 1.93 bits per heavy atom. The highest BCUT2D eigenvalue weighted by atomic mass is 16.5. The molecule has 0 bridgehead atoms. The predicted molar refractivity (Wildman–Crippen MR) is 64.3 cm³/mol. The summed E-state index contributed by atoms with van der Waals surface area (Å²) in [4.78, 5) is 2.36. The van der Waals surface area contributed by atoms with E-state index in [4.69, 9.17) is 9.47 Å². The van der Waals surface area contributed by atoms with Crippen molar-refractivity contribution < 1.29 is 9.47 Å². The molecule has 0 aromatic rings. The van der Waals surface area contributed by atoms with Crippen molar-refractivity contribution in [2.24, 2.45) is 0 Å². The molecule has 0 N–H and O–H groups in total. The molecule has 0 heterocycles. The number of likely N-dealkylation sites (N-methyl/N-ethyl adjacent to an activating group) is 1. The van der Waals surface area contributed by atoms with Crippen molar-refractivity contribution in [3.8, 4) is 0 Å². The third kappa shape index (κ3) is 10.2. The fourth-order valence-corrected chi connectivity index (χ4v) is 1.30. The van der Waals surface area contributed by atoms with Crippen molar-refractivity contribution in [3.63, 3.8) is 0 Å². The summed E-state index contributed by atoms with van der Waals surface area (Å²) in [5.41, 5.74) is 0. The maximum absolute atomic E-state index is 5.48. The number of hydrogen-bond donors (Lipinski definition) is 0. The maximum atomic E-state index is 5.48. The molecule has 0 unspecified atom stereocenters. The van der Waals surface area contributed by atoms with Gasteiger partial charge in [-0.25, -0.2) is 0 Å². The molecule has 0 atom stereocenters. The highest BCUT2D eigenvalue weighted by Gasteiger charge is 1.97. The molecule has 0 fully saturated rings. The Hall–Kier alpha value is -0.120. The van der Waals surface area contributed by atoms with E-state index in [1.807, 2.05) is 0 Å². The number of ether oxygens (including phenoxy) is 2. The maximum Gasteiger partial charge on any atom is 0.0701 e. The van der Waals surface area contributed by atoms with Gasteiger partial charge in [0.05, 0.1) is 19.8 Å². The Morgan fingerprint density at radius 1 is 0.800 bits per heavy atom. The second-order valence-corrected chi connectivity index (χ2v) is 3.61. The van der Waals surface area contributed by atoms with Crippen LogP contribution in [0.25, 0.3) is 0 Å². The number of rotatable bonds is 11.